The third-order valence-corrected chi connectivity index (χ3v) is 4.72. The Morgan fingerprint density at radius 3 is 2.47 bits per heavy atom. The lowest BCUT2D eigenvalue weighted by Gasteiger charge is -2.43. The minimum atomic E-state index is 0.170. The highest BCUT2D eigenvalue weighted by molar-refractivity contribution is 9.10. The highest BCUT2D eigenvalue weighted by Crippen LogP contribution is 2.23. The van der Waals surface area contributed by atoms with Crippen LogP contribution in [0.3, 0.4) is 0 Å². The summed E-state index contributed by atoms with van der Waals surface area (Å²) in [5.74, 6) is 0.170. The van der Waals surface area contributed by atoms with Crippen LogP contribution in [0, 0.1) is 0 Å². The lowest BCUT2D eigenvalue weighted by atomic mass is 9.99. The number of benzene rings is 1. The van der Waals surface area contributed by atoms with E-state index in [-0.39, 0.29) is 5.91 Å². The van der Waals surface area contributed by atoms with Gasteiger partial charge >= 0.3 is 0 Å². The topological polar surface area (TPSA) is 23.6 Å². The van der Waals surface area contributed by atoms with E-state index in [2.05, 4.69) is 20.8 Å². The molecule has 3 nitrogen and oxygen atoms in total. The largest absolute Gasteiger partial charge is 0.339 e. The fourth-order valence-electron chi connectivity index (χ4n) is 2.94. The van der Waals surface area contributed by atoms with Crippen LogP contribution in [0.5, 0.6) is 0 Å². The fraction of sp³-hybridized carbons (Fsp3) is 0.533. The number of carbonyl (C=O) groups is 1. The molecule has 2 saturated heterocycles. The monoisotopic (exact) mass is 322 g/mol. The van der Waals surface area contributed by atoms with E-state index >= 15 is 0 Å². The maximum absolute atomic E-state index is 12.4. The second-order valence-corrected chi connectivity index (χ2v) is 6.34. The highest BCUT2D eigenvalue weighted by atomic mass is 79.9. The molecule has 2 heterocycles. The van der Waals surface area contributed by atoms with Gasteiger partial charge in [-0.1, -0.05) is 22.0 Å². The van der Waals surface area contributed by atoms with Crippen LogP contribution in [-0.2, 0) is 0 Å². The summed E-state index contributed by atoms with van der Waals surface area (Å²) in [4.78, 5) is 17.0. The van der Waals surface area contributed by atoms with Crippen molar-refractivity contribution in [1.29, 1.82) is 0 Å². The molecule has 0 aromatic heterocycles. The van der Waals surface area contributed by atoms with Crippen molar-refractivity contribution in [1.82, 2.24) is 9.80 Å². The molecule has 2 aliphatic heterocycles. The normalized spacial score (nSPS) is 21.2. The summed E-state index contributed by atoms with van der Waals surface area (Å²) in [7, 11) is 0. The maximum atomic E-state index is 12.4. The lowest BCUT2D eigenvalue weighted by molar-refractivity contribution is 0.0489. The van der Waals surface area contributed by atoms with Gasteiger partial charge in [-0.05, 0) is 50.6 Å². The molecular formula is C15H19BrN2O. The van der Waals surface area contributed by atoms with Gasteiger partial charge in [0.15, 0.2) is 0 Å². The summed E-state index contributed by atoms with van der Waals surface area (Å²) in [6, 6.07) is 8.38. The standard InChI is InChI=1S/C15H19BrN2O/c16-13-4-1-3-12(11-13)15(19)18-9-5-14(6-10-18)17-7-2-8-17/h1,3-4,11,14H,2,5-10H2. The zero-order valence-corrected chi connectivity index (χ0v) is 12.6. The van der Waals surface area contributed by atoms with Gasteiger partial charge in [-0.2, -0.15) is 0 Å². The van der Waals surface area contributed by atoms with E-state index in [4.69, 9.17) is 0 Å². The molecule has 0 atom stereocenters. The first-order valence-corrected chi connectivity index (χ1v) is 7.82. The summed E-state index contributed by atoms with van der Waals surface area (Å²) in [6.45, 7) is 4.30. The molecule has 102 valence electrons. The first kappa shape index (κ1) is 13.1. The van der Waals surface area contributed by atoms with Gasteiger partial charge in [0, 0.05) is 29.2 Å². The van der Waals surface area contributed by atoms with E-state index in [1.165, 1.54) is 19.5 Å². The number of rotatable bonds is 2. The van der Waals surface area contributed by atoms with Gasteiger partial charge in [0.2, 0.25) is 0 Å². The van der Waals surface area contributed by atoms with E-state index in [0.717, 1.165) is 36.0 Å². The van der Waals surface area contributed by atoms with Crippen molar-refractivity contribution in [2.45, 2.75) is 25.3 Å². The Morgan fingerprint density at radius 2 is 1.89 bits per heavy atom. The summed E-state index contributed by atoms with van der Waals surface area (Å²) < 4.78 is 0.966. The van der Waals surface area contributed by atoms with E-state index in [0.29, 0.717) is 6.04 Å². The van der Waals surface area contributed by atoms with Gasteiger partial charge in [-0.15, -0.1) is 0 Å². The Balaban J connectivity index is 1.60. The number of likely N-dealkylation sites (tertiary alicyclic amines) is 2. The van der Waals surface area contributed by atoms with Gasteiger partial charge in [0.25, 0.3) is 5.91 Å². The number of piperidine rings is 1. The Labute approximate surface area is 122 Å². The van der Waals surface area contributed by atoms with Crippen molar-refractivity contribution in [3.63, 3.8) is 0 Å². The van der Waals surface area contributed by atoms with Gasteiger partial charge in [-0.25, -0.2) is 0 Å². The average molecular weight is 323 g/mol. The van der Waals surface area contributed by atoms with Gasteiger partial charge in [-0.3, -0.25) is 4.79 Å². The molecule has 0 bridgehead atoms. The van der Waals surface area contributed by atoms with E-state index in [1.54, 1.807) is 0 Å². The lowest BCUT2D eigenvalue weighted by Crippen LogP contribution is -2.51. The molecule has 1 aromatic carbocycles. The molecular weight excluding hydrogens is 304 g/mol. The van der Waals surface area contributed by atoms with E-state index in [1.807, 2.05) is 29.2 Å². The van der Waals surface area contributed by atoms with Crippen molar-refractivity contribution in [3.8, 4) is 0 Å². The van der Waals surface area contributed by atoms with Crippen LogP contribution in [0.4, 0.5) is 0 Å². The minimum absolute atomic E-state index is 0.170. The Kier molecular flexibility index (Phi) is 3.89. The molecule has 0 spiro atoms. The van der Waals surface area contributed by atoms with Gasteiger partial charge in [0.05, 0.1) is 0 Å². The van der Waals surface area contributed by atoms with Crippen LogP contribution >= 0.6 is 15.9 Å². The third-order valence-electron chi connectivity index (χ3n) is 4.23. The van der Waals surface area contributed by atoms with Crippen LogP contribution in [0.15, 0.2) is 28.7 Å². The predicted molar refractivity (Wildman–Crippen MR) is 79.3 cm³/mol. The second kappa shape index (κ2) is 5.63. The van der Waals surface area contributed by atoms with Crippen molar-refractivity contribution in [2.24, 2.45) is 0 Å². The SMILES string of the molecule is O=C(c1cccc(Br)c1)N1CCC(N2CCC2)CC1. The second-order valence-electron chi connectivity index (χ2n) is 5.42. The molecule has 4 heteroatoms. The molecule has 2 fully saturated rings. The van der Waals surface area contributed by atoms with Crippen LogP contribution < -0.4 is 0 Å². The molecule has 0 aliphatic carbocycles. The zero-order valence-electron chi connectivity index (χ0n) is 11.0. The number of carbonyl (C=O) groups excluding carboxylic acids is 1. The summed E-state index contributed by atoms with van der Waals surface area (Å²) in [6.07, 6.45) is 3.59. The van der Waals surface area contributed by atoms with Crippen molar-refractivity contribution >= 4 is 21.8 Å². The number of hydrogen-bond acceptors (Lipinski definition) is 2. The molecule has 0 saturated carbocycles. The van der Waals surface area contributed by atoms with Crippen LogP contribution in [0.25, 0.3) is 0 Å². The molecule has 1 aromatic rings. The first-order chi connectivity index (χ1) is 9.24. The summed E-state index contributed by atoms with van der Waals surface area (Å²) in [5.41, 5.74) is 0.789. The minimum Gasteiger partial charge on any atom is -0.339 e. The third kappa shape index (κ3) is 2.84. The Bertz CT molecular complexity index is 465. The molecule has 0 radical (unpaired) electrons. The number of amides is 1. The Morgan fingerprint density at radius 1 is 1.16 bits per heavy atom. The van der Waals surface area contributed by atoms with Crippen LogP contribution in [-0.4, -0.2) is 47.9 Å². The number of hydrogen-bond donors (Lipinski definition) is 0. The fourth-order valence-corrected chi connectivity index (χ4v) is 3.34. The zero-order chi connectivity index (χ0) is 13.2. The molecule has 2 aliphatic rings. The smallest absolute Gasteiger partial charge is 0.253 e. The van der Waals surface area contributed by atoms with Gasteiger partial charge < -0.3 is 9.80 Å². The first-order valence-electron chi connectivity index (χ1n) is 7.03. The molecule has 0 unspecified atom stereocenters. The Hall–Kier alpha value is -0.870. The number of nitrogens with zero attached hydrogens (tertiary/aromatic N) is 2. The van der Waals surface area contributed by atoms with Crippen molar-refractivity contribution < 1.29 is 4.79 Å². The molecule has 3 rings (SSSR count). The van der Waals surface area contributed by atoms with E-state index < -0.39 is 0 Å². The quantitative estimate of drug-likeness (QED) is 0.836. The molecule has 1 amide bonds. The van der Waals surface area contributed by atoms with Crippen LogP contribution in [0.2, 0.25) is 0 Å². The van der Waals surface area contributed by atoms with Crippen LogP contribution in [0.1, 0.15) is 29.6 Å². The molecule has 19 heavy (non-hydrogen) atoms. The predicted octanol–water partition coefficient (Wildman–Crippen LogP) is 2.76. The molecule has 0 N–H and O–H groups in total. The van der Waals surface area contributed by atoms with Crippen molar-refractivity contribution in [3.05, 3.63) is 34.3 Å². The highest BCUT2D eigenvalue weighted by Gasteiger charge is 2.29. The van der Waals surface area contributed by atoms with Gasteiger partial charge in [0.1, 0.15) is 0 Å². The summed E-state index contributed by atoms with van der Waals surface area (Å²) in [5, 5.41) is 0. The average Bonchev–Trinajstić information content (AvgIpc) is 2.37. The number of halogens is 1. The van der Waals surface area contributed by atoms with E-state index in [9.17, 15) is 4.79 Å². The maximum Gasteiger partial charge on any atom is 0.253 e. The van der Waals surface area contributed by atoms with Crippen molar-refractivity contribution in [2.75, 3.05) is 26.2 Å². The summed E-state index contributed by atoms with van der Waals surface area (Å²) >= 11 is 3.42.